The first kappa shape index (κ1) is 22.0. The predicted octanol–water partition coefficient (Wildman–Crippen LogP) is 5.19. The van der Waals surface area contributed by atoms with Crippen molar-refractivity contribution in [2.45, 2.75) is 51.2 Å². The topological polar surface area (TPSA) is 109 Å². The molecule has 8 heteroatoms. The standard InChI is InChI=1S/C26H27N5O3/c1-17(19-8-5-9-21(14-19)34-26(27)11-6-12-26)13-20-7-3-4-10-23(20)33-22-15-28-24(29-16-22)25-31-30-18(2)32-25/h3-5,7-10,14-17H,6,11-13,27H2,1-2H3. The molecular formula is C26H27N5O3. The maximum Gasteiger partial charge on any atom is 0.285 e. The first-order chi connectivity index (χ1) is 16.5. The summed E-state index contributed by atoms with van der Waals surface area (Å²) in [7, 11) is 0. The third-order valence-corrected chi connectivity index (χ3v) is 6.02. The summed E-state index contributed by atoms with van der Waals surface area (Å²) < 4.78 is 17.5. The van der Waals surface area contributed by atoms with Crippen LogP contribution >= 0.6 is 0 Å². The number of nitrogens with two attached hydrogens (primary N) is 1. The largest absolute Gasteiger partial charge is 0.473 e. The Morgan fingerprint density at radius 3 is 2.53 bits per heavy atom. The second kappa shape index (κ2) is 9.23. The Hall–Kier alpha value is -3.78. The van der Waals surface area contributed by atoms with Crippen LogP contribution in [0.1, 0.15) is 49.1 Å². The Morgan fingerprint density at radius 2 is 1.82 bits per heavy atom. The number of aromatic nitrogens is 4. The van der Waals surface area contributed by atoms with Crippen LogP contribution in [0.25, 0.3) is 11.7 Å². The highest BCUT2D eigenvalue weighted by Gasteiger charge is 2.34. The lowest BCUT2D eigenvalue weighted by atomic mass is 9.89. The van der Waals surface area contributed by atoms with Crippen molar-refractivity contribution in [1.29, 1.82) is 0 Å². The predicted molar refractivity (Wildman–Crippen MR) is 127 cm³/mol. The quantitative estimate of drug-likeness (QED) is 0.360. The zero-order chi connectivity index (χ0) is 23.5. The van der Waals surface area contributed by atoms with Crippen molar-refractivity contribution in [3.8, 4) is 29.0 Å². The van der Waals surface area contributed by atoms with Crippen molar-refractivity contribution < 1.29 is 13.9 Å². The van der Waals surface area contributed by atoms with E-state index in [9.17, 15) is 0 Å². The molecule has 8 nitrogen and oxygen atoms in total. The van der Waals surface area contributed by atoms with Crippen molar-refractivity contribution >= 4 is 0 Å². The highest BCUT2D eigenvalue weighted by Crippen LogP contribution is 2.34. The van der Waals surface area contributed by atoms with Crippen LogP contribution in [-0.2, 0) is 6.42 Å². The van der Waals surface area contributed by atoms with E-state index in [-0.39, 0.29) is 11.8 Å². The highest BCUT2D eigenvalue weighted by atomic mass is 16.5. The van der Waals surface area contributed by atoms with E-state index < -0.39 is 5.72 Å². The molecular weight excluding hydrogens is 430 g/mol. The summed E-state index contributed by atoms with van der Waals surface area (Å²) >= 11 is 0. The Kier molecular flexibility index (Phi) is 5.98. The van der Waals surface area contributed by atoms with Crippen LogP contribution in [0.4, 0.5) is 0 Å². The molecule has 1 fully saturated rings. The van der Waals surface area contributed by atoms with Crippen LogP contribution in [0.2, 0.25) is 0 Å². The van der Waals surface area contributed by atoms with Gasteiger partial charge in [-0.25, -0.2) is 9.97 Å². The molecule has 4 aromatic rings. The number of rotatable bonds is 8. The molecule has 1 atom stereocenters. The van der Waals surface area contributed by atoms with Crippen LogP contribution in [0, 0.1) is 6.92 Å². The molecule has 2 aromatic heterocycles. The minimum Gasteiger partial charge on any atom is -0.473 e. The fourth-order valence-electron chi connectivity index (χ4n) is 3.96. The monoisotopic (exact) mass is 457 g/mol. The Morgan fingerprint density at radius 1 is 1.03 bits per heavy atom. The molecule has 0 saturated heterocycles. The van der Waals surface area contributed by atoms with E-state index in [1.807, 2.05) is 30.3 Å². The van der Waals surface area contributed by atoms with E-state index in [1.54, 1.807) is 19.3 Å². The summed E-state index contributed by atoms with van der Waals surface area (Å²) in [6, 6.07) is 16.2. The molecule has 1 saturated carbocycles. The van der Waals surface area contributed by atoms with Crippen LogP contribution in [-0.4, -0.2) is 25.9 Å². The lowest BCUT2D eigenvalue weighted by Gasteiger charge is -2.38. The molecule has 174 valence electrons. The number of aryl methyl sites for hydroxylation is 1. The van der Waals surface area contributed by atoms with Crippen LogP contribution in [0.5, 0.6) is 17.2 Å². The van der Waals surface area contributed by atoms with Gasteiger partial charge in [-0.05, 0) is 48.1 Å². The van der Waals surface area contributed by atoms with Gasteiger partial charge in [-0.3, -0.25) is 5.73 Å². The van der Waals surface area contributed by atoms with Crippen molar-refractivity contribution in [3.63, 3.8) is 0 Å². The molecule has 0 radical (unpaired) electrons. The maximum absolute atomic E-state index is 6.26. The normalized spacial score (nSPS) is 15.4. The molecule has 34 heavy (non-hydrogen) atoms. The van der Waals surface area contributed by atoms with E-state index in [0.29, 0.717) is 17.5 Å². The van der Waals surface area contributed by atoms with Gasteiger partial charge in [0.15, 0.2) is 11.5 Å². The summed E-state index contributed by atoms with van der Waals surface area (Å²) in [6.45, 7) is 3.92. The summed E-state index contributed by atoms with van der Waals surface area (Å²) in [5.74, 6) is 3.48. The molecule has 5 rings (SSSR count). The van der Waals surface area contributed by atoms with Gasteiger partial charge in [0.05, 0.1) is 12.4 Å². The number of hydrogen-bond donors (Lipinski definition) is 1. The van der Waals surface area contributed by atoms with Crippen molar-refractivity contribution in [3.05, 3.63) is 77.9 Å². The van der Waals surface area contributed by atoms with Crippen molar-refractivity contribution in [2.75, 3.05) is 0 Å². The number of ether oxygens (including phenoxy) is 2. The average molecular weight is 458 g/mol. The Bertz CT molecular complexity index is 1270. The van der Waals surface area contributed by atoms with Gasteiger partial charge in [-0.15, -0.1) is 10.2 Å². The molecule has 0 amide bonds. The summed E-state index contributed by atoms with van der Waals surface area (Å²) in [5, 5.41) is 7.75. The molecule has 1 unspecified atom stereocenters. The summed E-state index contributed by atoms with van der Waals surface area (Å²) in [6.07, 6.45) is 6.92. The van der Waals surface area contributed by atoms with Crippen molar-refractivity contribution in [2.24, 2.45) is 5.73 Å². The van der Waals surface area contributed by atoms with E-state index in [4.69, 9.17) is 19.6 Å². The Labute approximate surface area is 198 Å². The Balaban J connectivity index is 1.28. The third-order valence-electron chi connectivity index (χ3n) is 6.02. The molecule has 0 aliphatic heterocycles. The number of nitrogens with zero attached hydrogens (tertiary/aromatic N) is 4. The van der Waals surface area contributed by atoms with E-state index >= 15 is 0 Å². The molecule has 2 heterocycles. The van der Waals surface area contributed by atoms with E-state index in [2.05, 4.69) is 45.3 Å². The zero-order valence-corrected chi connectivity index (χ0v) is 19.3. The molecule has 0 spiro atoms. The fraction of sp³-hybridized carbons (Fsp3) is 0.308. The lowest BCUT2D eigenvalue weighted by molar-refractivity contribution is -0.000985. The smallest absolute Gasteiger partial charge is 0.285 e. The SMILES string of the molecule is Cc1nnc(-c2ncc(Oc3ccccc3CC(C)c3cccc(OC4(N)CCC4)c3)cn2)o1. The van der Waals surface area contributed by atoms with E-state index in [1.165, 1.54) is 5.56 Å². The lowest BCUT2D eigenvalue weighted by Crippen LogP contribution is -2.51. The molecule has 1 aliphatic carbocycles. The fourth-order valence-corrected chi connectivity index (χ4v) is 3.96. The van der Waals surface area contributed by atoms with Gasteiger partial charge in [-0.2, -0.15) is 0 Å². The minimum atomic E-state index is -0.512. The summed E-state index contributed by atoms with van der Waals surface area (Å²) in [5.41, 5.74) is 8.03. The van der Waals surface area contributed by atoms with Crippen molar-refractivity contribution in [1.82, 2.24) is 20.2 Å². The molecule has 2 N–H and O–H groups in total. The zero-order valence-electron chi connectivity index (χ0n) is 19.3. The maximum atomic E-state index is 6.26. The van der Waals surface area contributed by atoms with Crippen LogP contribution in [0.3, 0.4) is 0 Å². The molecule has 0 bridgehead atoms. The minimum absolute atomic E-state index is 0.253. The summed E-state index contributed by atoms with van der Waals surface area (Å²) in [4.78, 5) is 8.58. The van der Waals surface area contributed by atoms with Crippen LogP contribution < -0.4 is 15.2 Å². The van der Waals surface area contributed by atoms with Gasteiger partial charge < -0.3 is 13.9 Å². The van der Waals surface area contributed by atoms with Gasteiger partial charge in [0, 0.05) is 19.8 Å². The number of para-hydroxylation sites is 1. The second-order valence-corrected chi connectivity index (χ2v) is 8.78. The van der Waals surface area contributed by atoms with Gasteiger partial charge in [-0.1, -0.05) is 37.3 Å². The highest BCUT2D eigenvalue weighted by molar-refractivity contribution is 5.42. The number of benzene rings is 2. The van der Waals surface area contributed by atoms with Crippen LogP contribution in [0.15, 0.2) is 65.3 Å². The van der Waals surface area contributed by atoms with Gasteiger partial charge in [0.2, 0.25) is 11.7 Å². The van der Waals surface area contributed by atoms with Gasteiger partial charge in [0.1, 0.15) is 11.5 Å². The number of hydrogen-bond acceptors (Lipinski definition) is 8. The van der Waals surface area contributed by atoms with Gasteiger partial charge >= 0.3 is 0 Å². The third kappa shape index (κ3) is 4.92. The van der Waals surface area contributed by atoms with E-state index in [0.717, 1.165) is 42.7 Å². The first-order valence-electron chi connectivity index (χ1n) is 11.4. The molecule has 1 aliphatic rings. The molecule has 2 aromatic carbocycles. The first-order valence-corrected chi connectivity index (χ1v) is 11.4. The average Bonchev–Trinajstić information content (AvgIpc) is 3.26. The second-order valence-electron chi connectivity index (χ2n) is 8.78. The van der Waals surface area contributed by atoms with Gasteiger partial charge in [0.25, 0.3) is 5.89 Å².